The summed E-state index contributed by atoms with van der Waals surface area (Å²) in [5.74, 6) is 1.48. The van der Waals surface area contributed by atoms with Crippen molar-refractivity contribution in [2.24, 2.45) is 0 Å². The smallest absolute Gasteiger partial charge is 0.249 e. The van der Waals surface area contributed by atoms with E-state index < -0.39 is 6.04 Å². The molecule has 0 aliphatic carbocycles. The van der Waals surface area contributed by atoms with E-state index in [2.05, 4.69) is 4.98 Å². The molecule has 1 aliphatic rings. The second kappa shape index (κ2) is 7.59. The summed E-state index contributed by atoms with van der Waals surface area (Å²) < 4.78 is 7.00. The van der Waals surface area contributed by atoms with E-state index in [9.17, 15) is 9.59 Å². The number of benzene rings is 1. The third-order valence-corrected chi connectivity index (χ3v) is 4.78. The Morgan fingerprint density at radius 3 is 2.65 bits per heavy atom. The van der Waals surface area contributed by atoms with Crippen molar-refractivity contribution in [1.29, 1.82) is 0 Å². The van der Waals surface area contributed by atoms with E-state index in [1.54, 1.807) is 36.2 Å². The summed E-state index contributed by atoms with van der Waals surface area (Å²) in [4.78, 5) is 33.1. The van der Waals surface area contributed by atoms with Gasteiger partial charge in [-0.15, -0.1) is 0 Å². The normalized spacial score (nSPS) is 17.5. The molecule has 2 aromatic rings. The number of aromatic nitrogens is 2. The molecule has 0 bridgehead atoms. The molecular weight excluding hydrogens is 332 g/mol. The summed E-state index contributed by atoms with van der Waals surface area (Å²) in [6.45, 7) is 4.98. The molecule has 1 unspecified atom stereocenters. The first-order valence-corrected chi connectivity index (χ1v) is 8.80. The van der Waals surface area contributed by atoms with Crippen LogP contribution in [0.5, 0.6) is 5.75 Å². The number of hydrogen-bond acceptors (Lipinski definition) is 4. The average Bonchev–Trinajstić information content (AvgIpc) is 3.11. The van der Waals surface area contributed by atoms with Crippen molar-refractivity contribution in [3.8, 4) is 5.75 Å². The van der Waals surface area contributed by atoms with Gasteiger partial charge in [0.2, 0.25) is 11.8 Å². The summed E-state index contributed by atoms with van der Waals surface area (Å²) in [7, 11) is 1.61. The Kier molecular flexibility index (Phi) is 5.25. The van der Waals surface area contributed by atoms with Gasteiger partial charge in [0, 0.05) is 37.6 Å². The van der Waals surface area contributed by atoms with Crippen LogP contribution in [0.3, 0.4) is 0 Å². The standard InChI is InChI=1S/C19H24N4O3/c1-4-17-20-9-10-21(17)13-18(24)22-11-12-23(19(25)14(22)2)15-5-7-16(26-3)8-6-15/h5-10,14H,4,11-13H2,1-3H3. The maximum atomic E-state index is 12.8. The molecule has 0 spiro atoms. The van der Waals surface area contributed by atoms with E-state index in [1.807, 2.05) is 35.8 Å². The summed E-state index contributed by atoms with van der Waals surface area (Å²) in [6, 6.07) is 6.89. The zero-order valence-corrected chi connectivity index (χ0v) is 15.4. The Hall–Kier alpha value is -2.83. The van der Waals surface area contributed by atoms with Crippen molar-refractivity contribution in [3.05, 3.63) is 42.5 Å². The Balaban J connectivity index is 1.69. The lowest BCUT2D eigenvalue weighted by atomic mass is 10.1. The summed E-state index contributed by atoms with van der Waals surface area (Å²) in [6.07, 6.45) is 4.26. The number of piperazine rings is 1. The zero-order valence-electron chi connectivity index (χ0n) is 15.4. The minimum absolute atomic E-state index is 0.0621. The van der Waals surface area contributed by atoms with Crippen LogP contribution in [0.4, 0.5) is 5.69 Å². The Morgan fingerprint density at radius 2 is 2.00 bits per heavy atom. The van der Waals surface area contributed by atoms with Crippen LogP contribution in [0.2, 0.25) is 0 Å². The molecule has 1 atom stereocenters. The number of hydrogen-bond donors (Lipinski definition) is 0. The van der Waals surface area contributed by atoms with Crippen molar-refractivity contribution >= 4 is 17.5 Å². The van der Waals surface area contributed by atoms with Crippen LogP contribution in [0.15, 0.2) is 36.7 Å². The van der Waals surface area contributed by atoms with Gasteiger partial charge in [0.05, 0.1) is 7.11 Å². The van der Waals surface area contributed by atoms with Crippen LogP contribution in [-0.4, -0.2) is 52.5 Å². The third kappa shape index (κ3) is 3.42. The van der Waals surface area contributed by atoms with Gasteiger partial charge in [-0.1, -0.05) is 6.92 Å². The number of imidazole rings is 1. The predicted octanol–water partition coefficient (Wildman–Crippen LogP) is 1.72. The van der Waals surface area contributed by atoms with Crippen molar-refractivity contribution in [3.63, 3.8) is 0 Å². The van der Waals surface area contributed by atoms with E-state index in [0.29, 0.717) is 13.1 Å². The molecule has 1 aromatic heterocycles. The van der Waals surface area contributed by atoms with Gasteiger partial charge in [-0.3, -0.25) is 9.59 Å². The molecule has 0 N–H and O–H groups in total. The fourth-order valence-corrected chi connectivity index (χ4v) is 3.26. The first kappa shape index (κ1) is 18.0. The minimum Gasteiger partial charge on any atom is -0.497 e. The number of ether oxygens (including phenoxy) is 1. The highest BCUT2D eigenvalue weighted by molar-refractivity contribution is 6.00. The second-order valence-corrected chi connectivity index (χ2v) is 6.28. The number of aryl methyl sites for hydroxylation is 1. The lowest BCUT2D eigenvalue weighted by Gasteiger charge is -2.39. The van der Waals surface area contributed by atoms with Crippen LogP contribution >= 0.6 is 0 Å². The van der Waals surface area contributed by atoms with Crippen molar-refractivity contribution in [2.45, 2.75) is 32.9 Å². The largest absolute Gasteiger partial charge is 0.497 e. The van der Waals surface area contributed by atoms with E-state index in [4.69, 9.17) is 4.74 Å². The van der Waals surface area contributed by atoms with Gasteiger partial charge >= 0.3 is 0 Å². The SMILES string of the molecule is CCc1nccn1CC(=O)N1CCN(c2ccc(OC)cc2)C(=O)C1C. The van der Waals surface area contributed by atoms with Crippen molar-refractivity contribution in [2.75, 3.05) is 25.1 Å². The van der Waals surface area contributed by atoms with Gasteiger partial charge in [0.25, 0.3) is 0 Å². The van der Waals surface area contributed by atoms with Gasteiger partial charge < -0.3 is 19.1 Å². The Bertz CT molecular complexity index is 784. The number of rotatable bonds is 5. The fraction of sp³-hybridized carbons (Fsp3) is 0.421. The molecule has 3 rings (SSSR count). The van der Waals surface area contributed by atoms with Gasteiger partial charge in [-0.05, 0) is 31.2 Å². The first-order valence-electron chi connectivity index (χ1n) is 8.80. The number of nitrogens with zero attached hydrogens (tertiary/aromatic N) is 4. The third-order valence-electron chi connectivity index (χ3n) is 4.78. The van der Waals surface area contributed by atoms with Gasteiger partial charge in [-0.25, -0.2) is 4.98 Å². The average molecular weight is 356 g/mol. The van der Waals surface area contributed by atoms with Crippen LogP contribution in [0.1, 0.15) is 19.7 Å². The molecule has 0 saturated carbocycles. The van der Waals surface area contributed by atoms with Gasteiger partial charge in [0.1, 0.15) is 24.2 Å². The highest BCUT2D eigenvalue weighted by atomic mass is 16.5. The van der Waals surface area contributed by atoms with Crippen molar-refractivity contribution in [1.82, 2.24) is 14.5 Å². The Labute approximate surface area is 153 Å². The van der Waals surface area contributed by atoms with Gasteiger partial charge in [0.15, 0.2) is 0 Å². The molecular formula is C19H24N4O3. The molecule has 2 heterocycles. The van der Waals surface area contributed by atoms with E-state index in [-0.39, 0.29) is 18.4 Å². The number of carbonyl (C=O) groups is 2. The first-order chi connectivity index (χ1) is 12.5. The molecule has 138 valence electrons. The number of carbonyl (C=O) groups excluding carboxylic acids is 2. The van der Waals surface area contributed by atoms with Crippen LogP contribution in [0.25, 0.3) is 0 Å². The van der Waals surface area contributed by atoms with E-state index in [1.165, 1.54) is 0 Å². The topological polar surface area (TPSA) is 67.7 Å². The molecule has 7 nitrogen and oxygen atoms in total. The zero-order chi connectivity index (χ0) is 18.7. The van der Waals surface area contributed by atoms with Crippen LogP contribution in [0, 0.1) is 0 Å². The van der Waals surface area contributed by atoms with E-state index in [0.717, 1.165) is 23.7 Å². The van der Waals surface area contributed by atoms with Crippen LogP contribution in [-0.2, 0) is 22.6 Å². The second-order valence-electron chi connectivity index (χ2n) is 6.28. The molecule has 7 heteroatoms. The van der Waals surface area contributed by atoms with Gasteiger partial charge in [-0.2, -0.15) is 0 Å². The molecule has 26 heavy (non-hydrogen) atoms. The summed E-state index contributed by atoms with van der Waals surface area (Å²) >= 11 is 0. The molecule has 1 aliphatic heterocycles. The number of amides is 2. The molecule has 0 radical (unpaired) electrons. The number of anilines is 1. The fourth-order valence-electron chi connectivity index (χ4n) is 3.26. The minimum atomic E-state index is -0.494. The highest BCUT2D eigenvalue weighted by Gasteiger charge is 2.35. The highest BCUT2D eigenvalue weighted by Crippen LogP contribution is 2.23. The quantitative estimate of drug-likeness (QED) is 0.818. The lowest BCUT2D eigenvalue weighted by Crippen LogP contribution is -2.58. The monoisotopic (exact) mass is 356 g/mol. The molecule has 1 saturated heterocycles. The molecule has 2 amide bonds. The Morgan fingerprint density at radius 1 is 1.27 bits per heavy atom. The lowest BCUT2D eigenvalue weighted by molar-refractivity contribution is -0.141. The summed E-state index contributed by atoms with van der Waals surface area (Å²) in [5.41, 5.74) is 0.817. The van der Waals surface area contributed by atoms with Crippen LogP contribution < -0.4 is 9.64 Å². The van der Waals surface area contributed by atoms with Crippen molar-refractivity contribution < 1.29 is 14.3 Å². The maximum Gasteiger partial charge on any atom is 0.249 e. The number of methoxy groups -OCH3 is 1. The maximum absolute atomic E-state index is 12.8. The predicted molar refractivity (Wildman–Crippen MR) is 98.1 cm³/mol. The molecule has 1 aromatic carbocycles. The molecule has 1 fully saturated rings. The summed E-state index contributed by atoms with van der Waals surface area (Å²) in [5, 5.41) is 0. The van der Waals surface area contributed by atoms with E-state index >= 15 is 0 Å².